The fourth-order valence-corrected chi connectivity index (χ4v) is 3.03. The molecule has 3 heteroatoms. The second-order valence-corrected chi connectivity index (χ2v) is 5.60. The largest absolute Gasteiger partial charge is 0.359 e. The van der Waals surface area contributed by atoms with Crippen molar-refractivity contribution in [2.45, 2.75) is 63.3 Å². The number of rotatable bonds is 2. The first-order valence-corrected chi connectivity index (χ1v) is 6.81. The minimum atomic E-state index is -0.00507. The molecule has 1 saturated heterocycles. The predicted octanol–water partition coefficient (Wildman–Crippen LogP) is 2.50. The highest BCUT2D eigenvalue weighted by Crippen LogP contribution is 2.27. The molecule has 2 fully saturated rings. The lowest BCUT2D eigenvalue weighted by Gasteiger charge is -2.38. The third-order valence-electron chi connectivity index (χ3n) is 4.08. The molecule has 0 bridgehead atoms. The van der Waals surface area contributed by atoms with Gasteiger partial charge < -0.3 is 10.6 Å². The number of amidine groups is 1. The Morgan fingerprint density at radius 3 is 2.50 bits per heavy atom. The number of hydrogen-bond acceptors (Lipinski definition) is 2. The average Bonchev–Trinajstić information content (AvgIpc) is 2.45. The van der Waals surface area contributed by atoms with E-state index in [4.69, 9.17) is 11.1 Å². The van der Waals surface area contributed by atoms with E-state index in [-0.39, 0.29) is 5.54 Å². The van der Waals surface area contributed by atoms with Crippen LogP contribution in [0, 0.1) is 5.41 Å². The topological polar surface area (TPSA) is 53.1 Å². The van der Waals surface area contributed by atoms with Crippen LogP contribution in [0.15, 0.2) is 0 Å². The molecule has 0 radical (unpaired) electrons. The normalized spacial score (nSPS) is 26.6. The third kappa shape index (κ3) is 2.97. The van der Waals surface area contributed by atoms with Crippen LogP contribution in [0.3, 0.4) is 0 Å². The van der Waals surface area contributed by atoms with Gasteiger partial charge in [-0.2, -0.15) is 0 Å². The maximum atomic E-state index is 8.06. The highest BCUT2D eigenvalue weighted by Gasteiger charge is 2.30. The molecule has 1 aliphatic carbocycles. The molecule has 2 rings (SSSR count). The summed E-state index contributed by atoms with van der Waals surface area (Å²) in [6, 6.07) is 0. The summed E-state index contributed by atoms with van der Waals surface area (Å²) in [7, 11) is 0. The van der Waals surface area contributed by atoms with E-state index in [0.717, 1.165) is 38.2 Å². The smallest absolute Gasteiger partial charge is 0.0958 e. The molecule has 92 valence electrons. The van der Waals surface area contributed by atoms with Gasteiger partial charge in [-0.1, -0.05) is 25.7 Å². The van der Waals surface area contributed by atoms with Crippen molar-refractivity contribution in [1.82, 2.24) is 4.90 Å². The standard InChI is InChI=1S/C13H25N3/c14-12-7-3-1-6-10-16(12)11-13(15)8-4-2-5-9-13/h14H,1-11,15H2. The van der Waals surface area contributed by atoms with Crippen molar-refractivity contribution < 1.29 is 0 Å². The monoisotopic (exact) mass is 223 g/mol. The lowest BCUT2D eigenvalue weighted by atomic mass is 9.82. The van der Waals surface area contributed by atoms with Gasteiger partial charge in [-0.05, 0) is 25.7 Å². The molecule has 0 aromatic rings. The summed E-state index contributed by atoms with van der Waals surface area (Å²) in [5, 5.41) is 8.06. The van der Waals surface area contributed by atoms with Gasteiger partial charge in [0.05, 0.1) is 5.84 Å². The summed E-state index contributed by atoms with van der Waals surface area (Å²) < 4.78 is 0. The number of nitrogens with two attached hydrogens (primary N) is 1. The van der Waals surface area contributed by atoms with Crippen molar-refractivity contribution in [3.63, 3.8) is 0 Å². The van der Waals surface area contributed by atoms with Gasteiger partial charge in [0.25, 0.3) is 0 Å². The quantitative estimate of drug-likeness (QED) is 0.755. The molecule has 0 unspecified atom stereocenters. The third-order valence-corrected chi connectivity index (χ3v) is 4.08. The maximum Gasteiger partial charge on any atom is 0.0958 e. The van der Waals surface area contributed by atoms with E-state index in [0.29, 0.717) is 0 Å². The Labute approximate surface area is 98.9 Å². The van der Waals surface area contributed by atoms with Gasteiger partial charge in [0.15, 0.2) is 0 Å². The molecular formula is C13H25N3. The second kappa shape index (κ2) is 5.17. The SMILES string of the molecule is N=C1CCCCCN1CC1(N)CCCCC1. The van der Waals surface area contributed by atoms with Crippen molar-refractivity contribution in [2.24, 2.45) is 5.73 Å². The summed E-state index contributed by atoms with van der Waals surface area (Å²) in [4.78, 5) is 2.25. The van der Waals surface area contributed by atoms with E-state index >= 15 is 0 Å². The molecule has 0 aromatic carbocycles. The number of nitrogens with one attached hydrogen (secondary N) is 1. The lowest BCUT2D eigenvalue weighted by Crippen LogP contribution is -2.52. The first-order chi connectivity index (χ1) is 7.70. The molecule has 3 nitrogen and oxygen atoms in total. The zero-order chi connectivity index (χ0) is 11.4. The summed E-state index contributed by atoms with van der Waals surface area (Å²) in [6.45, 7) is 1.98. The molecule has 1 aliphatic heterocycles. The molecule has 0 atom stereocenters. The van der Waals surface area contributed by atoms with E-state index in [1.165, 1.54) is 38.5 Å². The van der Waals surface area contributed by atoms with Gasteiger partial charge in [-0.3, -0.25) is 5.41 Å². The van der Waals surface area contributed by atoms with Crippen LogP contribution in [-0.2, 0) is 0 Å². The van der Waals surface area contributed by atoms with E-state index in [9.17, 15) is 0 Å². The van der Waals surface area contributed by atoms with Gasteiger partial charge >= 0.3 is 0 Å². The van der Waals surface area contributed by atoms with Crippen LogP contribution >= 0.6 is 0 Å². The van der Waals surface area contributed by atoms with E-state index < -0.39 is 0 Å². The Morgan fingerprint density at radius 1 is 1.06 bits per heavy atom. The van der Waals surface area contributed by atoms with Crippen LogP contribution in [0.5, 0.6) is 0 Å². The maximum absolute atomic E-state index is 8.06. The Hall–Kier alpha value is -0.570. The first-order valence-electron chi connectivity index (χ1n) is 6.81. The summed E-state index contributed by atoms with van der Waals surface area (Å²) >= 11 is 0. The summed E-state index contributed by atoms with van der Waals surface area (Å²) in [5.74, 6) is 0.827. The fraction of sp³-hybridized carbons (Fsp3) is 0.923. The first kappa shape index (κ1) is 11.9. The summed E-state index contributed by atoms with van der Waals surface area (Å²) in [6.07, 6.45) is 10.8. The van der Waals surface area contributed by atoms with Gasteiger partial charge in [0, 0.05) is 25.0 Å². The highest BCUT2D eigenvalue weighted by atomic mass is 15.2. The van der Waals surface area contributed by atoms with Crippen molar-refractivity contribution in [3.05, 3.63) is 0 Å². The zero-order valence-electron chi connectivity index (χ0n) is 10.3. The molecule has 2 aliphatic rings. The van der Waals surface area contributed by atoms with E-state index in [1.54, 1.807) is 0 Å². The van der Waals surface area contributed by atoms with Gasteiger partial charge in [-0.25, -0.2) is 0 Å². The highest BCUT2D eigenvalue weighted by molar-refractivity contribution is 5.79. The molecule has 3 N–H and O–H groups in total. The molecule has 16 heavy (non-hydrogen) atoms. The van der Waals surface area contributed by atoms with Crippen LogP contribution in [0.4, 0.5) is 0 Å². The Balaban J connectivity index is 1.93. The minimum Gasteiger partial charge on any atom is -0.359 e. The van der Waals surface area contributed by atoms with Crippen LogP contribution in [-0.4, -0.2) is 29.4 Å². The van der Waals surface area contributed by atoms with Crippen molar-refractivity contribution in [2.75, 3.05) is 13.1 Å². The molecule has 0 aromatic heterocycles. The Kier molecular flexibility index (Phi) is 3.85. The average molecular weight is 223 g/mol. The number of hydrogen-bond donors (Lipinski definition) is 2. The summed E-state index contributed by atoms with van der Waals surface area (Å²) in [5.41, 5.74) is 6.46. The van der Waals surface area contributed by atoms with Gasteiger partial charge in [0.2, 0.25) is 0 Å². The van der Waals surface area contributed by atoms with Crippen LogP contribution in [0.2, 0.25) is 0 Å². The van der Waals surface area contributed by atoms with Crippen molar-refractivity contribution in [1.29, 1.82) is 5.41 Å². The van der Waals surface area contributed by atoms with Crippen molar-refractivity contribution >= 4 is 5.84 Å². The van der Waals surface area contributed by atoms with Crippen molar-refractivity contribution in [3.8, 4) is 0 Å². The molecule has 1 saturated carbocycles. The Bertz CT molecular complexity index is 244. The molecule has 1 heterocycles. The van der Waals surface area contributed by atoms with Crippen LogP contribution in [0.1, 0.15) is 57.8 Å². The Morgan fingerprint density at radius 2 is 1.75 bits per heavy atom. The minimum absolute atomic E-state index is 0.00507. The zero-order valence-corrected chi connectivity index (χ0v) is 10.3. The number of likely N-dealkylation sites (tertiary alicyclic amines) is 1. The molecule has 0 amide bonds. The van der Waals surface area contributed by atoms with Crippen LogP contribution < -0.4 is 5.73 Å². The van der Waals surface area contributed by atoms with E-state index in [1.807, 2.05) is 0 Å². The van der Waals surface area contributed by atoms with Crippen LogP contribution in [0.25, 0.3) is 0 Å². The number of nitrogens with zero attached hydrogens (tertiary/aromatic N) is 1. The molecular weight excluding hydrogens is 198 g/mol. The lowest BCUT2D eigenvalue weighted by molar-refractivity contribution is 0.227. The van der Waals surface area contributed by atoms with E-state index in [2.05, 4.69) is 4.90 Å². The van der Waals surface area contributed by atoms with Gasteiger partial charge in [-0.15, -0.1) is 0 Å². The van der Waals surface area contributed by atoms with Gasteiger partial charge in [0.1, 0.15) is 0 Å². The second-order valence-electron chi connectivity index (χ2n) is 5.60. The predicted molar refractivity (Wildman–Crippen MR) is 67.8 cm³/mol. The molecule has 0 spiro atoms. The fourth-order valence-electron chi connectivity index (χ4n) is 3.03.